The van der Waals surface area contributed by atoms with E-state index in [0.717, 1.165) is 12.2 Å². The van der Waals surface area contributed by atoms with Gasteiger partial charge in [-0.3, -0.25) is 0 Å². The van der Waals surface area contributed by atoms with Crippen molar-refractivity contribution < 1.29 is 29.1 Å². The second-order valence-electron chi connectivity index (χ2n) is 6.15. The summed E-state index contributed by atoms with van der Waals surface area (Å²) in [4.78, 5) is 21.6. The highest BCUT2D eigenvalue weighted by atomic mass is 31.2. The molecule has 1 aromatic carbocycles. The lowest BCUT2D eigenvalue weighted by molar-refractivity contribution is 0.122. The maximum Gasteiger partial charge on any atom is 0.466 e. The first-order valence-corrected chi connectivity index (χ1v) is 10.5. The highest BCUT2D eigenvalue weighted by Crippen LogP contribution is 2.25. The fourth-order valence-electron chi connectivity index (χ4n) is 2.33. The molecule has 4 N–H and O–H groups in total. The van der Waals surface area contributed by atoms with E-state index in [1.165, 1.54) is 50.5 Å². The van der Waals surface area contributed by atoms with Gasteiger partial charge >= 0.3 is 7.82 Å². The number of aliphatic hydroxyl groups is 1. The Morgan fingerprint density at radius 1 is 1.00 bits per heavy atom. The van der Waals surface area contributed by atoms with Crippen LogP contribution in [0.4, 0.5) is 0 Å². The fourth-order valence-corrected chi connectivity index (χ4v) is 2.33. The van der Waals surface area contributed by atoms with Gasteiger partial charge < -0.3 is 24.5 Å². The number of phosphoric acid groups is 1. The number of hydrogen-bond donors (Lipinski definition) is 4. The monoisotopic (exact) mass is 376 g/mol. The Bertz CT molecular complexity index is 478. The van der Waals surface area contributed by atoms with Crippen LogP contribution in [0.3, 0.4) is 0 Å². The first-order valence-electron chi connectivity index (χ1n) is 8.91. The van der Waals surface area contributed by atoms with E-state index in [0.29, 0.717) is 6.61 Å². The average Bonchev–Trinajstić information content (AvgIpc) is 2.51. The Morgan fingerprint density at radius 2 is 1.52 bits per heavy atom. The van der Waals surface area contributed by atoms with Crippen molar-refractivity contribution in [2.45, 2.75) is 71.3 Å². The molecule has 0 heterocycles. The molecule has 0 radical (unpaired) electrons. The molecule has 7 heteroatoms. The highest BCUT2D eigenvalue weighted by molar-refractivity contribution is 7.45. The van der Waals surface area contributed by atoms with Gasteiger partial charge in [0.25, 0.3) is 0 Å². The topological polar surface area (TPSA) is 107 Å². The summed E-state index contributed by atoms with van der Waals surface area (Å²) in [5.41, 5.74) is 1.27. The molecule has 0 aliphatic carbocycles. The van der Waals surface area contributed by atoms with Gasteiger partial charge in [0.2, 0.25) is 0 Å². The van der Waals surface area contributed by atoms with E-state index in [1.54, 1.807) is 6.92 Å². The zero-order valence-electron chi connectivity index (χ0n) is 15.3. The largest absolute Gasteiger partial charge is 0.491 e. The zero-order valence-corrected chi connectivity index (χ0v) is 16.2. The lowest BCUT2D eigenvalue weighted by atomic mass is 10.0. The predicted octanol–water partition coefficient (Wildman–Crippen LogP) is 3.81. The molecule has 146 valence electrons. The van der Waals surface area contributed by atoms with Gasteiger partial charge in [-0.2, -0.15) is 0 Å². The summed E-state index contributed by atoms with van der Waals surface area (Å²) >= 11 is 0. The average molecular weight is 376 g/mol. The van der Waals surface area contributed by atoms with Crippen LogP contribution in [0.2, 0.25) is 0 Å². The molecule has 1 atom stereocenters. The Morgan fingerprint density at radius 3 is 2.08 bits per heavy atom. The van der Waals surface area contributed by atoms with Crippen LogP contribution in [0.25, 0.3) is 0 Å². The minimum absolute atomic E-state index is 0.369. The number of ether oxygens (including phenoxy) is 1. The third kappa shape index (κ3) is 17.7. The molecular weight excluding hydrogens is 343 g/mol. The predicted molar refractivity (Wildman–Crippen MR) is 99.6 cm³/mol. The van der Waals surface area contributed by atoms with Gasteiger partial charge in [0.15, 0.2) is 0 Å². The van der Waals surface area contributed by atoms with Crippen LogP contribution in [0.15, 0.2) is 24.3 Å². The molecule has 1 rings (SSSR count). The Kier molecular flexibility index (Phi) is 13.8. The molecule has 25 heavy (non-hydrogen) atoms. The fraction of sp³-hybridized carbons (Fsp3) is 0.667. The molecule has 0 aliphatic heterocycles. The molecule has 1 aromatic rings. The van der Waals surface area contributed by atoms with E-state index < -0.39 is 13.9 Å². The Balaban J connectivity index is 0.00000101. The number of aryl methyl sites for hydroxylation is 1. The lowest BCUT2D eigenvalue weighted by Gasteiger charge is -2.12. The summed E-state index contributed by atoms with van der Waals surface area (Å²) in [7, 11) is -4.64. The summed E-state index contributed by atoms with van der Waals surface area (Å²) in [5.74, 6) is 0.930. The van der Waals surface area contributed by atoms with Crippen molar-refractivity contribution in [2.75, 3.05) is 6.61 Å². The summed E-state index contributed by atoms with van der Waals surface area (Å²) in [5, 5.41) is 9.30. The molecule has 0 bridgehead atoms. The van der Waals surface area contributed by atoms with Gasteiger partial charge in [0.05, 0.1) is 6.10 Å². The normalized spacial score (nSPS) is 12.2. The maximum absolute atomic E-state index is 9.30. The van der Waals surface area contributed by atoms with E-state index in [4.69, 9.17) is 24.0 Å². The zero-order chi connectivity index (χ0) is 19.1. The van der Waals surface area contributed by atoms with Crippen molar-refractivity contribution in [3.05, 3.63) is 29.8 Å². The lowest BCUT2D eigenvalue weighted by Crippen LogP contribution is -2.13. The highest BCUT2D eigenvalue weighted by Gasteiger charge is 2.04. The minimum atomic E-state index is -4.64. The summed E-state index contributed by atoms with van der Waals surface area (Å²) < 4.78 is 14.5. The van der Waals surface area contributed by atoms with Crippen LogP contribution in [-0.2, 0) is 11.0 Å². The summed E-state index contributed by atoms with van der Waals surface area (Å²) in [6.45, 7) is 4.37. The number of para-hydroxylation sites is 1. The van der Waals surface area contributed by atoms with E-state index in [-0.39, 0.29) is 0 Å². The SMILES string of the molecule is CCCCCCCCCc1ccccc1OCC(C)O.O=P(O)(O)O. The molecular formula is C18H33O6P. The van der Waals surface area contributed by atoms with E-state index in [9.17, 15) is 5.11 Å². The van der Waals surface area contributed by atoms with Crippen LogP contribution < -0.4 is 4.74 Å². The smallest absolute Gasteiger partial charge is 0.466 e. The number of benzene rings is 1. The first kappa shape index (κ1) is 24.1. The molecule has 0 aromatic heterocycles. The molecule has 1 unspecified atom stereocenters. The molecule has 0 aliphatic rings. The Labute approximate surface area is 151 Å². The summed E-state index contributed by atoms with van der Waals surface area (Å²) in [6, 6.07) is 8.19. The van der Waals surface area contributed by atoms with Gasteiger partial charge in [0, 0.05) is 0 Å². The molecule has 0 saturated heterocycles. The van der Waals surface area contributed by atoms with E-state index in [2.05, 4.69) is 19.1 Å². The quantitative estimate of drug-likeness (QED) is 0.346. The van der Waals surface area contributed by atoms with Crippen molar-refractivity contribution in [3.8, 4) is 5.75 Å². The number of unbranched alkanes of at least 4 members (excludes halogenated alkanes) is 6. The van der Waals surface area contributed by atoms with Crippen LogP contribution in [0, 0.1) is 0 Å². The number of hydrogen-bond acceptors (Lipinski definition) is 3. The third-order valence-corrected chi connectivity index (χ3v) is 3.50. The van der Waals surface area contributed by atoms with Gasteiger partial charge in [-0.1, -0.05) is 63.6 Å². The van der Waals surface area contributed by atoms with E-state index >= 15 is 0 Å². The molecule has 0 fully saturated rings. The van der Waals surface area contributed by atoms with Crippen LogP contribution in [-0.4, -0.2) is 32.5 Å². The van der Waals surface area contributed by atoms with E-state index in [1.807, 2.05) is 12.1 Å². The van der Waals surface area contributed by atoms with Crippen molar-refractivity contribution >= 4 is 7.82 Å². The van der Waals surface area contributed by atoms with Gasteiger partial charge in [0.1, 0.15) is 12.4 Å². The van der Waals surface area contributed by atoms with Crippen LogP contribution in [0.5, 0.6) is 5.75 Å². The van der Waals surface area contributed by atoms with Crippen LogP contribution >= 0.6 is 7.82 Å². The molecule has 0 spiro atoms. The van der Waals surface area contributed by atoms with Gasteiger partial charge in [-0.15, -0.1) is 0 Å². The summed E-state index contributed by atoms with van der Waals surface area (Å²) in [6.07, 6.45) is 9.96. The van der Waals surface area contributed by atoms with Crippen LogP contribution in [0.1, 0.15) is 64.4 Å². The van der Waals surface area contributed by atoms with Crippen molar-refractivity contribution in [1.82, 2.24) is 0 Å². The number of rotatable bonds is 11. The molecule has 6 nitrogen and oxygen atoms in total. The standard InChI is InChI=1S/C18H30O2.H3O4P/c1-3-4-5-6-7-8-9-12-17-13-10-11-14-18(17)20-15-16(2)19;1-5(2,3)4/h10-11,13-14,16,19H,3-9,12,15H2,1-2H3;(H3,1,2,3,4). The van der Waals surface area contributed by atoms with Gasteiger partial charge in [-0.05, 0) is 31.4 Å². The maximum atomic E-state index is 9.30. The van der Waals surface area contributed by atoms with Crippen molar-refractivity contribution in [1.29, 1.82) is 0 Å². The van der Waals surface area contributed by atoms with Crippen molar-refractivity contribution in [3.63, 3.8) is 0 Å². The molecule has 0 saturated carbocycles. The van der Waals surface area contributed by atoms with Gasteiger partial charge in [-0.25, -0.2) is 4.57 Å². The molecule has 0 amide bonds. The van der Waals surface area contributed by atoms with Crippen molar-refractivity contribution in [2.24, 2.45) is 0 Å². The third-order valence-electron chi connectivity index (χ3n) is 3.50. The second kappa shape index (κ2) is 14.3. The number of aliphatic hydroxyl groups excluding tert-OH is 1. The second-order valence-corrected chi connectivity index (χ2v) is 7.18. The first-order chi connectivity index (χ1) is 11.7. The minimum Gasteiger partial charge on any atom is -0.491 e. The Hall–Kier alpha value is -0.910.